The second-order valence-corrected chi connectivity index (χ2v) is 4.71. The van der Waals surface area contributed by atoms with E-state index >= 15 is 0 Å². The predicted octanol–water partition coefficient (Wildman–Crippen LogP) is 1.14. The quantitative estimate of drug-likeness (QED) is 0.634. The van der Waals surface area contributed by atoms with Crippen LogP contribution in [-0.4, -0.2) is 32.0 Å². The van der Waals surface area contributed by atoms with E-state index in [1.54, 1.807) is 17.0 Å². The van der Waals surface area contributed by atoms with Crippen LogP contribution in [0, 0.1) is 6.92 Å². The van der Waals surface area contributed by atoms with Crippen molar-refractivity contribution >= 4 is 12.0 Å². The molecule has 1 N–H and O–H groups in total. The minimum absolute atomic E-state index is 0.0921. The topological polar surface area (TPSA) is 64.7 Å². The van der Waals surface area contributed by atoms with Gasteiger partial charge in [0.2, 0.25) is 5.91 Å². The van der Waals surface area contributed by atoms with Gasteiger partial charge in [-0.25, -0.2) is 0 Å². The molecule has 0 aliphatic heterocycles. The molecule has 0 aliphatic rings. The van der Waals surface area contributed by atoms with Gasteiger partial charge >= 0.3 is 0 Å². The van der Waals surface area contributed by atoms with Crippen molar-refractivity contribution in [3.63, 3.8) is 0 Å². The summed E-state index contributed by atoms with van der Waals surface area (Å²) in [5, 5.41) is 11.1. The van der Waals surface area contributed by atoms with Crippen molar-refractivity contribution in [2.75, 3.05) is 6.54 Å². The van der Waals surface area contributed by atoms with Gasteiger partial charge in [0.1, 0.15) is 0 Å². The number of carbonyl (C=O) groups is 1. The molecule has 0 bridgehead atoms. The molecule has 2 heterocycles. The Morgan fingerprint density at radius 3 is 2.85 bits per heavy atom. The lowest BCUT2D eigenvalue weighted by molar-refractivity contribution is -0.116. The van der Waals surface area contributed by atoms with E-state index in [4.69, 9.17) is 0 Å². The second kappa shape index (κ2) is 6.70. The number of hydrogen-bond acceptors (Lipinski definition) is 3. The minimum atomic E-state index is -0.0921. The summed E-state index contributed by atoms with van der Waals surface area (Å²) in [6.07, 6.45) is 11.5. The number of carbonyl (C=O) groups excluding carboxylic acids is 1. The van der Waals surface area contributed by atoms with Crippen LogP contribution in [0.5, 0.6) is 0 Å². The van der Waals surface area contributed by atoms with Crippen molar-refractivity contribution in [3.05, 3.63) is 42.0 Å². The highest BCUT2D eigenvalue weighted by Gasteiger charge is 1.97. The molecule has 6 heteroatoms. The summed E-state index contributed by atoms with van der Waals surface area (Å²) in [6.45, 7) is 3.45. The van der Waals surface area contributed by atoms with Gasteiger partial charge in [-0.2, -0.15) is 10.2 Å². The lowest BCUT2D eigenvalue weighted by atomic mass is 10.3. The molecule has 0 unspecified atom stereocenters. The maximum atomic E-state index is 11.6. The zero-order chi connectivity index (χ0) is 14.4. The van der Waals surface area contributed by atoms with Gasteiger partial charge in [0, 0.05) is 44.2 Å². The first kappa shape index (κ1) is 14.0. The summed E-state index contributed by atoms with van der Waals surface area (Å²) in [5.74, 6) is -0.0921. The van der Waals surface area contributed by atoms with Gasteiger partial charge in [0.05, 0.1) is 12.4 Å². The van der Waals surface area contributed by atoms with Crippen molar-refractivity contribution in [2.45, 2.75) is 19.9 Å². The number of amides is 1. The molecular formula is C14H19N5O. The number of nitrogens with zero attached hydrogens (tertiary/aromatic N) is 4. The maximum absolute atomic E-state index is 11.6. The number of aromatic nitrogens is 4. The van der Waals surface area contributed by atoms with Crippen LogP contribution in [-0.2, 0) is 18.4 Å². The number of hydrogen-bond donors (Lipinski definition) is 1. The molecule has 0 saturated heterocycles. The number of rotatable bonds is 6. The Bertz CT molecular complexity index is 596. The van der Waals surface area contributed by atoms with Crippen molar-refractivity contribution < 1.29 is 4.79 Å². The first-order valence-electron chi connectivity index (χ1n) is 6.57. The standard InChI is InChI=1S/C14H19N5O/c1-12-8-17-19(10-12)7-3-6-15-14(20)5-4-13-9-16-18(2)11-13/h4-5,8-11H,3,6-7H2,1-2H3,(H,15,20)/b5-4+. The van der Waals surface area contributed by atoms with E-state index in [1.807, 2.05) is 37.2 Å². The normalized spacial score (nSPS) is 11.1. The average molecular weight is 273 g/mol. The van der Waals surface area contributed by atoms with Gasteiger partial charge < -0.3 is 5.32 Å². The highest BCUT2D eigenvalue weighted by Crippen LogP contribution is 1.99. The fraction of sp³-hybridized carbons (Fsp3) is 0.357. The molecule has 2 rings (SSSR count). The molecule has 1 amide bonds. The van der Waals surface area contributed by atoms with Crippen molar-refractivity contribution in [1.29, 1.82) is 0 Å². The first-order chi connectivity index (χ1) is 9.63. The van der Waals surface area contributed by atoms with Gasteiger partial charge in [0.25, 0.3) is 0 Å². The largest absolute Gasteiger partial charge is 0.352 e. The molecule has 0 aromatic carbocycles. The van der Waals surface area contributed by atoms with Gasteiger partial charge in [0.15, 0.2) is 0 Å². The van der Waals surface area contributed by atoms with Crippen LogP contribution in [0.2, 0.25) is 0 Å². The molecule has 0 spiro atoms. The van der Waals surface area contributed by atoms with Crippen LogP contribution in [0.4, 0.5) is 0 Å². The summed E-state index contributed by atoms with van der Waals surface area (Å²) in [5.41, 5.74) is 2.06. The zero-order valence-electron chi connectivity index (χ0n) is 11.8. The Morgan fingerprint density at radius 1 is 1.35 bits per heavy atom. The van der Waals surface area contributed by atoms with E-state index in [9.17, 15) is 4.79 Å². The molecule has 2 aromatic rings. The van der Waals surface area contributed by atoms with E-state index in [-0.39, 0.29) is 5.91 Å². The lowest BCUT2D eigenvalue weighted by Gasteiger charge is -2.02. The third-order valence-electron chi connectivity index (χ3n) is 2.78. The highest BCUT2D eigenvalue weighted by atomic mass is 16.1. The van der Waals surface area contributed by atoms with Crippen molar-refractivity contribution in [1.82, 2.24) is 24.9 Å². The molecule has 0 atom stereocenters. The molecule has 0 saturated carbocycles. The maximum Gasteiger partial charge on any atom is 0.244 e. The molecule has 20 heavy (non-hydrogen) atoms. The van der Waals surface area contributed by atoms with Crippen LogP contribution in [0.3, 0.4) is 0 Å². The smallest absolute Gasteiger partial charge is 0.244 e. The minimum Gasteiger partial charge on any atom is -0.352 e. The first-order valence-corrected chi connectivity index (χ1v) is 6.57. The predicted molar refractivity (Wildman–Crippen MR) is 76.8 cm³/mol. The molecule has 6 nitrogen and oxygen atoms in total. The number of nitrogens with one attached hydrogen (secondary N) is 1. The van der Waals surface area contributed by atoms with Gasteiger partial charge in [-0.15, -0.1) is 0 Å². The van der Waals surface area contributed by atoms with E-state index in [0.29, 0.717) is 6.54 Å². The van der Waals surface area contributed by atoms with Crippen LogP contribution in [0.25, 0.3) is 6.08 Å². The van der Waals surface area contributed by atoms with E-state index < -0.39 is 0 Å². The Morgan fingerprint density at radius 2 is 2.20 bits per heavy atom. The van der Waals surface area contributed by atoms with Crippen LogP contribution < -0.4 is 5.32 Å². The SMILES string of the molecule is Cc1cnn(CCCNC(=O)/C=C/c2cnn(C)c2)c1. The summed E-state index contributed by atoms with van der Waals surface area (Å²) >= 11 is 0. The zero-order valence-corrected chi connectivity index (χ0v) is 11.8. The summed E-state index contributed by atoms with van der Waals surface area (Å²) < 4.78 is 3.58. The Hall–Kier alpha value is -2.37. The van der Waals surface area contributed by atoms with Gasteiger partial charge in [-0.05, 0) is 25.0 Å². The summed E-state index contributed by atoms with van der Waals surface area (Å²) in [6, 6.07) is 0. The third kappa shape index (κ3) is 4.38. The fourth-order valence-electron chi connectivity index (χ4n) is 1.80. The monoisotopic (exact) mass is 273 g/mol. The molecule has 2 aromatic heterocycles. The highest BCUT2D eigenvalue weighted by molar-refractivity contribution is 5.91. The Labute approximate surface area is 118 Å². The fourth-order valence-corrected chi connectivity index (χ4v) is 1.80. The van der Waals surface area contributed by atoms with Crippen molar-refractivity contribution in [3.8, 4) is 0 Å². The van der Waals surface area contributed by atoms with Crippen LogP contribution in [0.1, 0.15) is 17.5 Å². The van der Waals surface area contributed by atoms with E-state index in [1.165, 1.54) is 6.08 Å². The van der Waals surface area contributed by atoms with Gasteiger partial charge in [-0.1, -0.05) is 0 Å². The second-order valence-electron chi connectivity index (χ2n) is 4.71. The van der Waals surface area contributed by atoms with Crippen molar-refractivity contribution in [2.24, 2.45) is 7.05 Å². The summed E-state index contributed by atoms with van der Waals surface area (Å²) in [4.78, 5) is 11.6. The van der Waals surface area contributed by atoms with Crippen LogP contribution >= 0.6 is 0 Å². The molecule has 0 fully saturated rings. The third-order valence-corrected chi connectivity index (χ3v) is 2.78. The van der Waals surface area contributed by atoms with Crippen LogP contribution in [0.15, 0.2) is 30.9 Å². The lowest BCUT2D eigenvalue weighted by Crippen LogP contribution is -2.23. The number of aryl methyl sites for hydroxylation is 3. The molecule has 106 valence electrons. The molecule has 0 radical (unpaired) electrons. The Balaban J connectivity index is 1.66. The summed E-state index contributed by atoms with van der Waals surface area (Å²) in [7, 11) is 1.84. The molecular weight excluding hydrogens is 254 g/mol. The van der Waals surface area contributed by atoms with E-state index in [2.05, 4.69) is 15.5 Å². The van der Waals surface area contributed by atoms with Gasteiger partial charge in [-0.3, -0.25) is 14.2 Å². The Kier molecular flexibility index (Phi) is 4.70. The molecule has 0 aliphatic carbocycles. The average Bonchev–Trinajstić information content (AvgIpc) is 3.01. The van der Waals surface area contributed by atoms with E-state index in [0.717, 1.165) is 24.1 Å².